The summed E-state index contributed by atoms with van der Waals surface area (Å²) in [7, 11) is 0. The molecule has 24 heavy (non-hydrogen) atoms. The molecule has 1 N–H and O–H groups in total. The molecule has 4 aliphatic rings. The van der Waals surface area contributed by atoms with Gasteiger partial charge in [-0.05, 0) is 66.4 Å². The number of aromatic nitrogens is 1. The summed E-state index contributed by atoms with van der Waals surface area (Å²) in [5.74, 6) is 0.912. The third-order valence-corrected chi connectivity index (χ3v) is 4.76. The van der Waals surface area contributed by atoms with Crippen molar-refractivity contribution in [2.24, 2.45) is 9.98 Å². The fraction of sp³-hybridized carbons (Fsp3) is 0.0526. The van der Waals surface area contributed by atoms with Gasteiger partial charge in [-0.25, -0.2) is 9.98 Å². The number of H-pyrrole nitrogens is 1. The van der Waals surface area contributed by atoms with Gasteiger partial charge >= 0.3 is 0 Å². The summed E-state index contributed by atoms with van der Waals surface area (Å²) in [6, 6.07) is 4.09. The van der Waals surface area contributed by atoms with Gasteiger partial charge < -0.3 is 9.72 Å². The van der Waals surface area contributed by atoms with Crippen molar-refractivity contribution in [1.82, 2.24) is 4.98 Å². The molecule has 116 valence electrons. The highest BCUT2D eigenvalue weighted by atomic mass is 32.2. The van der Waals surface area contributed by atoms with Crippen molar-refractivity contribution >= 4 is 34.7 Å². The number of nitrogens with one attached hydrogen (secondary N) is 1. The van der Waals surface area contributed by atoms with Crippen LogP contribution in [-0.4, -0.2) is 15.7 Å². The van der Waals surface area contributed by atoms with Crippen molar-refractivity contribution in [3.8, 4) is 0 Å². The van der Waals surface area contributed by atoms with Gasteiger partial charge in [-0.2, -0.15) is 0 Å². The Labute approximate surface area is 143 Å². The molecule has 1 aromatic heterocycles. The number of aromatic amines is 1. The zero-order valence-electron chi connectivity index (χ0n) is 12.7. The highest BCUT2D eigenvalue weighted by Crippen LogP contribution is 2.33. The van der Waals surface area contributed by atoms with Gasteiger partial charge in [-0.3, -0.25) is 0 Å². The average molecular weight is 331 g/mol. The summed E-state index contributed by atoms with van der Waals surface area (Å²) in [6.07, 6.45) is 17.0. The number of hydrogen-bond acceptors (Lipinski definition) is 4. The molecule has 8 bridgehead atoms. The molecule has 0 saturated carbocycles. The van der Waals surface area contributed by atoms with Gasteiger partial charge in [0.2, 0.25) is 0 Å². The van der Waals surface area contributed by atoms with E-state index in [9.17, 15) is 0 Å². The van der Waals surface area contributed by atoms with Crippen LogP contribution in [0.15, 0.2) is 80.8 Å². The van der Waals surface area contributed by atoms with Crippen LogP contribution in [0.1, 0.15) is 17.8 Å². The Morgan fingerprint density at radius 1 is 0.917 bits per heavy atom. The summed E-state index contributed by atoms with van der Waals surface area (Å²) >= 11 is 1.55. The van der Waals surface area contributed by atoms with Crippen LogP contribution in [0.4, 0.5) is 0 Å². The molecule has 0 atom stereocenters. The van der Waals surface area contributed by atoms with Crippen molar-refractivity contribution < 1.29 is 4.74 Å². The quantitative estimate of drug-likeness (QED) is 0.757. The van der Waals surface area contributed by atoms with Crippen LogP contribution < -0.4 is 0 Å². The zero-order valence-corrected chi connectivity index (χ0v) is 13.5. The normalized spacial score (nSPS) is 27.3. The maximum Gasteiger partial charge on any atom is 0.163 e. The number of ether oxygens (including phenoxy) is 1. The smallest absolute Gasteiger partial charge is 0.163 e. The molecule has 0 amide bonds. The lowest BCUT2D eigenvalue weighted by atomic mass is 10.2. The van der Waals surface area contributed by atoms with Crippen LogP contribution in [0.2, 0.25) is 0 Å². The number of nitrogens with zero attached hydrogens (tertiary/aromatic N) is 2. The fourth-order valence-electron chi connectivity index (χ4n) is 2.78. The summed E-state index contributed by atoms with van der Waals surface area (Å²) in [4.78, 5) is 12.6. The first-order chi connectivity index (χ1) is 11.8. The summed E-state index contributed by atoms with van der Waals surface area (Å²) in [6.45, 7) is 0. The van der Waals surface area contributed by atoms with Crippen LogP contribution in [0, 0.1) is 0 Å². The Bertz CT molecular complexity index is 980. The van der Waals surface area contributed by atoms with Gasteiger partial charge in [-0.1, -0.05) is 0 Å². The minimum absolute atomic E-state index is 0.785. The maximum absolute atomic E-state index is 5.90. The van der Waals surface area contributed by atoms with E-state index in [1.54, 1.807) is 11.8 Å². The molecule has 0 aromatic carbocycles. The number of thioether (sulfide) groups is 1. The number of aliphatic imine (C=N–C) groups is 2. The lowest BCUT2D eigenvalue weighted by molar-refractivity contribution is 0.356. The number of fused-ring (bicyclic) bond motifs is 6. The Hall–Kier alpha value is -2.79. The third kappa shape index (κ3) is 2.63. The van der Waals surface area contributed by atoms with Gasteiger partial charge in [0.25, 0.3) is 0 Å². The van der Waals surface area contributed by atoms with E-state index in [0.717, 1.165) is 50.8 Å². The first kappa shape index (κ1) is 13.6. The monoisotopic (exact) mass is 331 g/mol. The van der Waals surface area contributed by atoms with E-state index in [4.69, 9.17) is 4.74 Å². The largest absolute Gasteiger partial charge is 0.454 e. The lowest BCUT2D eigenvalue weighted by Gasteiger charge is -2.03. The van der Waals surface area contributed by atoms with E-state index < -0.39 is 0 Å². The lowest BCUT2D eigenvalue weighted by Crippen LogP contribution is -1.90. The fourth-order valence-corrected chi connectivity index (χ4v) is 3.59. The van der Waals surface area contributed by atoms with Gasteiger partial charge in [0.1, 0.15) is 10.8 Å². The third-order valence-electron chi connectivity index (χ3n) is 3.87. The van der Waals surface area contributed by atoms with E-state index in [2.05, 4.69) is 21.0 Å². The molecule has 4 nitrogen and oxygen atoms in total. The predicted octanol–water partition coefficient (Wildman–Crippen LogP) is 4.57. The van der Waals surface area contributed by atoms with Crippen LogP contribution in [0.25, 0.3) is 12.2 Å². The number of allylic oxidation sites excluding steroid dienone is 5. The van der Waals surface area contributed by atoms with E-state index in [-0.39, 0.29) is 0 Å². The molecule has 0 saturated heterocycles. The molecule has 0 radical (unpaired) electrons. The minimum Gasteiger partial charge on any atom is -0.454 e. The molecule has 1 aromatic rings. The topological polar surface area (TPSA) is 49.7 Å². The van der Waals surface area contributed by atoms with Gasteiger partial charge in [0.05, 0.1) is 17.1 Å². The summed E-state index contributed by atoms with van der Waals surface area (Å²) < 4.78 is 5.90. The highest BCUT2D eigenvalue weighted by Gasteiger charge is 2.17. The first-order valence-electron chi connectivity index (χ1n) is 7.73. The Morgan fingerprint density at radius 3 is 2.58 bits per heavy atom. The minimum atomic E-state index is 0.785. The standard InChI is InChI=1S/C19H13N3OS/c1-2-14-10-15-5-7-18(22-15)24-19-8-6-17(23-19)11-16-4-3-13(21-16)9-12(1)20-14/h1-5,7-11,20H,6H2/b13-9-,15-10-,17-11-. The molecule has 5 heterocycles. The Balaban J connectivity index is 1.59. The summed E-state index contributed by atoms with van der Waals surface area (Å²) in [5.41, 5.74) is 4.81. The maximum atomic E-state index is 5.90. The number of rotatable bonds is 0. The van der Waals surface area contributed by atoms with E-state index >= 15 is 0 Å². The van der Waals surface area contributed by atoms with Crippen LogP contribution >= 0.6 is 11.8 Å². The second-order valence-electron chi connectivity index (χ2n) is 5.70. The Morgan fingerprint density at radius 2 is 1.71 bits per heavy atom. The first-order valence-corrected chi connectivity index (χ1v) is 8.54. The zero-order chi connectivity index (χ0) is 15.9. The van der Waals surface area contributed by atoms with Crippen molar-refractivity contribution in [1.29, 1.82) is 0 Å². The van der Waals surface area contributed by atoms with Crippen LogP contribution in [0.5, 0.6) is 0 Å². The van der Waals surface area contributed by atoms with Gasteiger partial charge in [-0.15, -0.1) is 0 Å². The second-order valence-corrected chi connectivity index (χ2v) is 6.73. The molecule has 0 fully saturated rings. The SMILES string of the molecule is C1=C/C2=C/c3ccc([nH]3)/C=C3/C=CC(=N3)SC3=CC/C(=C/C1=N2)O3. The van der Waals surface area contributed by atoms with Gasteiger partial charge in [0, 0.05) is 23.9 Å². The molecule has 5 heteroatoms. The van der Waals surface area contributed by atoms with E-state index in [1.165, 1.54) is 0 Å². The molecule has 0 unspecified atom stereocenters. The molecule has 0 spiro atoms. The second kappa shape index (κ2) is 5.39. The van der Waals surface area contributed by atoms with Crippen LogP contribution in [0.3, 0.4) is 0 Å². The average Bonchev–Trinajstić information content (AvgIpc) is 3.32. The molecular weight excluding hydrogens is 318 g/mol. The summed E-state index contributed by atoms with van der Waals surface area (Å²) in [5, 5.41) is 1.81. The Kier molecular flexibility index (Phi) is 3.06. The van der Waals surface area contributed by atoms with E-state index in [1.807, 2.05) is 54.7 Å². The predicted molar refractivity (Wildman–Crippen MR) is 99.4 cm³/mol. The van der Waals surface area contributed by atoms with Crippen LogP contribution in [-0.2, 0) is 4.74 Å². The molecular formula is C19H13N3OS. The molecule has 0 aliphatic carbocycles. The molecule has 5 rings (SSSR count). The van der Waals surface area contributed by atoms with Crippen molar-refractivity contribution in [3.05, 3.63) is 82.2 Å². The molecule has 4 aliphatic heterocycles. The van der Waals surface area contributed by atoms with Crippen molar-refractivity contribution in [2.45, 2.75) is 6.42 Å². The van der Waals surface area contributed by atoms with E-state index in [0.29, 0.717) is 0 Å². The van der Waals surface area contributed by atoms with Crippen molar-refractivity contribution in [2.75, 3.05) is 0 Å². The highest BCUT2D eigenvalue weighted by molar-refractivity contribution is 8.17. The van der Waals surface area contributed by atoms with Gasteiger partial charge in [0.15, 0.2) is 5.09 Å². The van der Waals surface area contributed by atoms with Crippen molar-refractivity contribution in [3.63, 3.8) is 0 Å². The number of hydrogen-bond donors (Lipinski definition) is 1.